The number of thiazole rings is 1. The van der Waals surface area contributed by atoms with Crippen molar-refractivity contribution in [1.29, 1.82) is 0 Å². The Morgan fingerprint density at radius 1 is 1.47 bits per heavy atom. The lowest BCUT2D eigenvalue weighted by Crippen LogP contribution is -2.37. The van der Waals surface area contributed by atoms with Crippen LogP contribution in [0.15, 0.2) is 0 Å². The zero-order chi connectivity index (χ0) is 14.6. The summed E-state index contributed by atoms with van der Waals surface area (Å²) in [5, 5.41) is 5.99. The molecule has 0 aromatic carbocycles. The number of hydrogen-bond acceptors (Lipinski definition) is 6. The maximum absolute atomic E-state index is 12.2. The molecule has 0 fully saturated rings. The van der Waals surface area contributed by atoms with E-state index in [9.17, 15) is 9.59 Å². The van der Waals surface area contributed by atoms with Gasteiger partial charge < -0.3 is 21.3 Å². The Bertz CT molecular complexity index is 474. The fourth-order valence-electron chi connectivity index (χ4n) is 1.59. The molecule has 0 aliphatic rings. The van der Waals surface area contributed by atoms with Crippen molar-refractivity contribution >= 4 is 34.1 Å². The Morgan fingerprint density at radius 2 is 2.11 bits per heavy atom. The van der Waals surface area contributed by atoms with Crippen LogP contribution in [0.2, 0.25) is 0 Å². The molecule has 1 aromatic heterocycles. The summed E-state index contributed by atoms with van der Waals surface area (Å²) in [7, 11) is 4.92. The maximum atomic E-state index is 12.2. The van der Waals surface area contributed by atoms with Gasteiger partial charge in [-0.3, -0.25) is 9.59 Å². The van der Waals surface area contributed by atoms with E-state index in [0.29, 0.717) is 16.6 Å². The SMILES string of the molecule is CNC(=O)C(C)CN(C)C(=O)c1sc(NC)nc1N. The van der Waals surface area contributed by atoms with Crippen LogP contribution in [0.1, 0.15) is 16.6 Å². The minimum atomic E-state index is -0.281. The average Bonchev–Trinajstić information content (AvgIpc) is 2.77. The molecule has 106 valence electrons. The van der Waals surface area contributed by atoms with Gasteiger partial charge in [0.2, 0.25) is 5.91 Å². The zero-order valence-electron chi connectivity index (χ0n) is 11.5. The Hall–Kier alpha value is -1.83. The summed E-state index contributed by atoms with van der Waals surface area (Å²) >= 11 is 1.20. The highest BCUT2D eigenvalue weighted by atomic mass is 32.1. The topological polar surface area (TPSA) is 100 Å². The fraction of sp³-hybridized carbons (Fsp3) is 0.545. The first kappa shape index (κ1) is 15.2. The van der Waals surface area contributed by atoms with Crippen LogP contribution in [0.5, 0.6) is 0 Å². The van der Waals surface area contributed by atoms with E-state index in [0.717, 1.165) is 0 Å². The van der Waals surface area contributed by atoms with Crippen molar-refractivity contribution in [3.8, 4) is 0 Å². The van der Waals surface area contributed by atoms with Crippen molar-refractivity contribution in [3.05, 3.63) is 4.88 Å². The number of rotatable bonds is 5. The van der Waals surface area contributed by atoms with Crippen LogP contribution in [0, 0.1) is 5.92 Å². The normalized spacial score (nSPS) is 11.8. The van der Waals surface area contributed by atoms with Crippen molar-refractivity contribution in [2.24, 2.45) is 5.92 Å². The van der Waals surface area contributed by atoms with E-state index in [1.807, 2.05) is 0 Å². The van der Waals surface area contributed by atoms with Crippen LogP contribution >= 0.6 is 11.3 Å². The van der Waals surface area contributed by atoms with Gasteiger partial charge in [-0.2, -0.15) is 0 Å². The summed E-state index contributed by atoms with van der Waals surface area (Å²) in [6.07, 6.45) is 0. The molecule has 0 saturated carbocycles. The van der Waals surface area contributed by atoms with E-state index in [2.05, 4.69) is 15.6 Å². The van der Waals surface area contributed by atoms with Crippen LogP contribution in [-0.2, 0) is 4.79 Å². The molecule has 0 saturated heterocycles. The number of nitrogens with zero attached hydrogens (tertiary/aromatic N) is 2. The second kappa shape index (κ2) is 6.37. The second-order valence-corrected chi connectivity index (χ2v) is 5.18. The first-order valence-corrected chi connectivity index (χ1v) is 6.63. The number of nitrogen functional groups attached to an aromatic ring is 1. The number of nitrogens with one attached hydrogen (secondary N) is 2. The molecule has 4 N–H and O–H groups in total. The molecular weight excluding hydrogens is 266 g/mol. The van der Waals surface area contributed by atoms with E-state index in [1.54, 1.807) is 28.1 Å². The first-order valence-electron chi connectivity index (χ1n) is 5.81. The van der Waals surface area contributed by atoms with Crippen molar-refractivity contribution in [3.63, 3.8) is 0 Å². The quantitative estimate of drug-likeness (QED) is 0.718. The summed E-state index contributed by atoms with van der Waals surface area (Å²) in [6.45, 7) is 2.09. The summed E-state index contributed by atoms with van der Waals surface area (Å²) < 4.78 is 0. The molecule has 0 aliphatic carbocycles. The van der Waals surface area contributed by atoms with Crippen molar-refractivity contribution < 1.29 is 9.59 Å². The largest absolute Gasteiger partial charge is 0.382 e. The lowest BCUT2D eigenvalue weighted by atomic mass is 10.1. The van der Waals surface area contributed by atoms with Crippen molar-refractivity contribution in [2.45, 2.75) is 6.92 Å². The molecule has 1 unspecified atom stereocenters. The molecule has 1 aromatic rings. The van der Waals surface area contributed by atoms with Crippen LogP contribution in [-0.4, -0.2) is 49.4 Å². The van der Waals surface area contributed by atoms with E-state index in [4.69, 9.17) is 5.73 Å². The zero-order valence-corrected chi connectivity index (χ0v) is 12.3. The van der Waals surface area contributed by atoms with Crippen molar-refractivity contribution in [2.75, 3.05) is 38.7 Å². The highest BCUT2D eigenvalue weighted by molar-refractivity contribution is 7.18. The molecule has 1 atom stereocenters. The monoisotopic (exact) mass is 285 g/mol. The predicted octanol–water partition coefficient (Wildman–Crippen LogP) is 0.221. The average molecular weight is 285 g/mol. The fourth-order valence-corrected chi connectivity index (χ4v) is 2.42. The van der Waals surface area contributed by atoms with Gasteiger partial charge in [-0.05, 0) is 0 Å². The number of anilines is 2. The van der Waals surface area contributed by atoms with Gasteiger partial charge in [0, 0.05) is 27.7 Å². The molecular formula is C11H19N5O2S. The third-order valence-corrected chi connectivity index (χ3v) is 3.73. The van der Waals surface area contributed by atoms with Gasteiger partial charge in [-0.1, -0.05) is 18.3 Å². The molecule has 19 heavy (non-hydrogen) atoms. The number of carbonyl (C=O) groups excluding carboxylic acids is 2. The smallest absolute Gasteiger partial charge is 0.267 e. The predicted molar refractivity (Wildman–Crippen MR) is 76.3 cm³/mol. The summed E-state index contributed by atoms with van der Waals surface area (Å²) in [6, 6.07) is 0. The molecule has 0 aliphatic heterocycles. The minimum Gasteiger partial charge on any atom is -0.382 e. The van der Waals surface area contributed by atoms with E-state index in [1.165, 1.54) is 16.2 Å². The second-order valence-electron chi connectivity index (χ2n) is 4.18. The lowest BCUT2D eigenvalue weighted by molar-refractivity contribution is -0.124. The Labute approximate surface area is 116 Å². The molecule has 7 nitrogen and oxygen atoms in total. The number of nitrogens with two attached hydrogens (primary N) is 1. The van der Waals surface area contributed by atoms with Gasteiger partial charge >= 0.3 is 0 Å². The molecule has 2 amide bonds. The van der Waals surface area contributed by atoms with Gasteiger partial charge in [0.05, 0.1) is 5.92 Å². The van der Waals surface area contributed by atoms with E-state index < -0.39 is 0 Å². The standard InChI is InChI=1S/C11H19N5O2S/c1-6(9(17)13-2)5-16(4)10(18)7-8(12)15-11(14-3)19-7/h6H,5,12H2,1-4H3,(H,13,17)(H,14,15). The molecule has 8 heteroatoms. The minimum absolute atomic E-state index is 0.104. The molecule has 1 heterocycles. The molecule has 0 spiro atoms. The van der Waals surface area contributed by atoms with E-state index >= 15 is 0 Å². The maximum Gasteiger partial charge on any atom is 0.267 e. The third kappa shape index (κ3) is 3.57. The first-order chi connectivity index (χ1) is 8.90. The van der Waals surface area contributed by atoms with Crippen molar-refractivity contribution in [1.82, 2.24) is 15.2 Å². The Balaban J connectivity index is 2.76. The van der Waals surface area contributed by atoms with Gasteiger partial charge in [-0.25, -0.2) is 4.98 Å². The number of carbonyl (C=O) groups is 2. The van der Waals surface area contributed by atoms with Crippen LogP contribution in [0.25, 0.3) is 0 Å². The van der Waals surface area contributed by atoms with Gasteiger partial charge in [0.15, 0.2) is 5.13 Å². The molecule has 0 radical (unpaired) electrons. The third-order valence-electron chi connectivity index (χ3n) is 2.65. The molecule has 0 bridgehead atoms. The molecule has 1 rings (SSSR count). The summed E-state index contributed by atoms with van der Waals surface area (Å²) in [4.78, 5) is 29.5. The van der Waals surface area contributed by atoms with Crippen LogP contribution in [0.4, 0.5) is 10.9 Å². The van der Waals surface area contributed by atoms with Gasteiger partial charge in [-0.15, -0.1) is 0 Å². The number of aromatic nitrogens is 1. The van der Waals surface area contributed by atoms with Crippen LogP contribution < -0.4 is 16.4 Å². The highest BCUT2D eigenvalue weighted by Crippen LogP contribution is 2.25. The number of amides is 2. The highest BCUT2D eigenvalue weighted by Gasteiger charge is 2.22. The van der Waals surface area contributed by atoms with Gasteiger partial charge in [0.1, 0.15) is 10.7 Å². The summed E-state index contributed by atoms with van der Waals surface area (Å²) in [5.74, 6) is -0.407. The Kier molecular flexibility index (Phi) is 5.11. The van der Waals surface area contributed by atoms with Crippen LogP contribution in [0.3, 0.4) is 0 Å². The number of hydrogen-bond donors (Lipinski definition) is 3. The Morgan fingerprint density at radius 3 is 2.58 bits per heavy atom. The summed E-state index contributed by atoms with van der Waals surface area (Å²) in [5.41, 5.74) is 5.70. The van der Waals surface area contributed by atoms with Gasteiger partial charge in [0.25, 0.3) is 5.91 Å². The lowest BCUT2D eigenvalue weighted by Gasteiger charge is -2.20. The van der Waals surface area contributed by atoms with E-state index in [-0.39, 0.29) is 23.6 Å².